The van der Waals surface area contributed by atoms with Crippen LogP contribution in [-0.2, 0) is 17.8 Å². The summed E-state index contributed by atoms with van der Waals surface area (Å²) in [5.74, 6) is 0.241. The number of tetrazole rings is 1. The number of H-pyrrole nitrogens is 1. The number of pyridine rings is 1. The predicted molar refractivity (Wildman–Crippen MR) is 54.0 cm³/mol. The maximum atomic E-state index is 11.4. The number of aromatic amines is 1. The van der Waals surface area contributed by atoms with Gasteiger partial charge in [0.05, 0.1) is 6.42 Å². The van der Waals surface area contributed by atoms with Gasteiger partial charge < -0.3 is 5.32 Å². The fraction of sp³-hybridized carbons (Fsp3) is 0.222. The van der Waals surface area contributed by atoms with E-state index in [4.69, 9.17) is 0 Å². The third-order valence-corrected chi connectivity index (χ3v) is 1.95. The molecule has 0 aromatic carbocycles. The van der Waals surface area contributed by atoms with E-state index in [2.05, 4.69) is 30.9 Å². The molecule has 0 fully saturated rings. The summed E-state index contributed by atoms with van der Waals surface area (Å²) in [6, 6.07) is 3.68. The van der Waals surface area contributed by atoms with E-state index in [0.717, 1.165) is 5.56 Å². The van der Waals surface area contributed by atoms with E-state index in [1.54, 1.807) is 12.4 Å². The summed E-state index contributed by atoms with van der Waals surface area (Å²) < 4.78 is 0. The highest BCUT2D eigenvalue weighted by molar-refractivity contribution is 5.77. The van der Waals surface area contributed by atoms with Crippen molar-refractivity contribution in [3.8, 4) is 0 Å². The van der Waals surface area contributed by atoms with Crippen molar-refractivity contribution in [3.63, 3.8) is 0 Å². The van der Waals surface area contributed by atoms with Gasteiger partial charge in [-0.25, -0.2) is 0 Å². The lowest BCUT2D eigenvalue weighted by Gasteiger charge is -2.02. The van der Waals surface area contributed by atoms with Crippen LogP contribution in [0.4, 0.5) is 0 Å². The van der Waals surface area contributed by atoms with Crippen molar-refractivity contribution < 1.29 is 4.79 Å². The summed E-state index contributed by atoms with van der Waals surface area (Å²) in [4.78, 5) is 15.3. The number of amides is 1. The standard InChI is InChI=1S/C9H10N6O/c16-9(5-8-12-14-15-13-8)11-6-7-1-3-10-4-2-7/h1-4H,5-6H2,(H,11,16)(H,12,13,14,15). The van der Waals surface area contributed by atoms with E-state index in [9.17, 15) is 4.79 Å². The molecule has 0 atom stereocenters. The van der Waals surface area contributed by atoms with Crippen molar-refractivity contribution in [1.82, 2.24) is 30.9 Å². The third kappa shape index (κ3) is 2.84. The average molecular weight is 218 g/mol. The van der Waals surface area contributed by atoms with Gasteiger partial charge in [0.1, 0.15) is 0 Å². The summed E-state index contributed by atoms with van der Waals surface area (Å²) in [7, 11) is 0. The Kier molecular flexibility index (Phi) is 3.17. The molecule has 0 spiro atoms. The Bertz CT molecular complexity index is 440. The molecule has 0 unspecified atom stereocenters. The van der Waals surface area contributed by atoms with Gasteiger partial charge in [-0.2, -0.15) is 5.21 Å². The molecular formula is C9H10N6O. The van der Waals surface area contributed by atoms with Crippen LogP contribution in [0.25, 0.3) is 0 Å². The second kappa shape index (κ2) is 4.96. The van der Waals surface area contributed by atoms with Crippen LogP contribution in [-0.4, -0.2) is 31.5 Å². The van der Waals surface area contributed by atoms with Crippen molar-refractivity contribution in [1.29, 1.82) is 0 Å². The summed E-state index contributed by atoms with van der Waals surface area (Å²) in [6.07, 6.45) is 3.49. The Labute approximate surface area is 91.3 Å². The molecule has 0 bridgehead atoms. The van der Waals surface area contributed by atoms with E-state index >= 15 is 0 Å². The minimum absolute atomic E-state index is 0.127. The number of carbonyl (C=O) groups excluding carboxylic acids is 1. The first kappa shape index (κ1) is 10.2. The molecule has 1 amide bonds. The Balaban J connectivity index is 1.80. The molecule has 7 nitrogen and oxygen atoms in total. The van der Waals surface area contributed by atoms with Gasteiger partial charge in [-0.3, -0.25) is 9.78 Å². The summed E-state index contributed by atoms with van der Waals surface area (Å²) >= 11 is 0. The second-order valence-corrected chi connectivity index (χ2v) is 3.14. The van der Waals surface area contributed by atoms with Gasteiger partial charge in [0.15, 0.2) is 5.82 Å². The van der Waals surface area contributed by atoms with Crippen molar-refractivity contribution in [2.24, 2.45) is 0 Å². The SMILES string of the molecule is O=C(Cc1nn[nH]n1)NCc1ccncc1. The summed E-state index contributed by atoms with van der Waals surface area (Å²) in [6.45, 7) is 0.471. The van der Waals surface area contributed by atoms with Crippen LogP contribution in [0, 0.1) is 0 Å². The van der Waals surface area contributed by atoms with Gasteiger partial charge in [-0.1, -0.05) is 5.21 Å². The molecule has 0 aliphatic heterocycles. The zero-order valence-electron chi connectivity index (χ0n) is 8.42. The van der Waals surface area contributed by atoms with Gasteiger partial charge >= 0.3 is 0 Å². The maximum Gasteiger partial charge on any atom is 0.228 e. The lowest BCUT2D eigenvalue weighted by atomic mass is 10.2. The Hall–Kier alpha value is -2.31. The molecule has 0 aliphatic rings. The molecule has 82 valence electrons. The van der Waals surface area contributed by atoms with Crippen molar-refractivity contribution in [3.05, 3.63) is 35.9 Å². The van der Waals surface area contributed by atoms with E-state index in [-0.39, 0.29) is 12.3 Å². The maximum absolute atomic E-state index is 11.4. The molecule has 7 heteroatoms. The van der Waals surface area contributed by atoms with Crippen LogP contribution in [0.3, 0.4) is 0 Å². The number of carbonyl (C=O) groups is 1. The van der Waals surface area contributed by atoms with Crippen molar-refractivity contribution >= 4 is 5.91 Å². The number of rotatable bonds is 4. The highest BCUT2D eigenvalue weighted by atomic mass is 16.1. The minimum Gasteiger partial charge on any atom is -0.352 e. The first-order chi connectivity index (χ1) is 7.84. The van der Waals surface area contributed by atoms with Crippen molar-refractivity contribution in [2.45, 2.75) is 13.0 Å². The van der Waals surface area contributed by atoms with Gasteiger partial charge in [0.2, 0.25) is 5.91 Å². The molecule has 2 heterocycles. The normalized spacial score (nSPS) is 10.0. The quantitative estimate of drug-likeness (QED) is 0.718. The van der Waals surface area contributed by atoms with E-state index in [0.29, 0.717) is 12.4 Å². The molecule has 0 saturated heterocycles. The van der Waals surface area contributed by atoms with Crippen LogP contribution in [0.5, 0.6) is 0 Å². The molecular weight excluding hydrogens is 208 g/mol. The largest absolute Gasteiger partial charge is 0.352 e. The first-order valence-corrected chi connectivity index (χ1v) is 4.72. The van der Waals surface area contributed by atoms with E-state index in [1.807, 2.05) is 12.1 Å². The van der Waals surface area contributed by atoms with Crippen LogP contribution in [0.15, 0.2) is 24.5 Å². The fourth-order valence-electron chi connectivity index (χ4n) is 1.16. The topological polar surface area (TPSA) is 96.5 Å². The van der Waals surface area contributed by atoms with E-state index < -0.39 is 0 Å². The van der Waals surface area contributed by atoms with Gasteiger partial charge in [-0.15, -0.1) is 10.2 Å². The summed E-state index contributed by atoms with van der Waals surface area (Å²) in [5, 5.41) is 15.8. The molecule has 2 rings (SSSR count). The number of nitrogens with one attached hydrogen (secondary N) is 2. The van der Waals surface area contributed by atoms with E-state index in [1.165, 1.54) is 0 Å². The number of aromatic nitrogens is 5. The number of nitrogens with zero attached hydrogens (tertiary/aromatic N) is 4. The van der Waals surface area contributed by atoms with Crippen LogP contribution < -0.4 is 5.32 Å². The third-order valence-electron chi connectivity index (χ3n) is 1.95. The monoisotopic (exact) mass is 218 g/mol. The molecule has 2 N–H and O–H groups in total. The minimum atomic E-state index is -0.141. The first-order valence-electron chi connectivity index (χ1n) is 4.72. The highest BCUT2D eigenvalue weighted by Crippen LogP contribution is 1.95. The molecule has 0 saturated carbocycles. The average Bonchev–Trinajstić information content (AvgIpc) is 2.81. The molecule has 2 aromatic rings. The highest BCUT2D eigenvalue weighted by Gasteiger charge is 2.06. The van der Waals surface area contributed by atoms with Gasteiger partial charge in [0, 0.05) is 18.9 Å². The zero-order valence-corrected chi connectivity index (χ0v) is 8.42. The number of hydrogen-bond acceptors (Lipinski definition) is 5. The predicted octanol–water partition coefficient (Wildman–Crippen LogP) is -0.546. The fourth-order valence-corrected chi connectivity index (χ4v) is 1.16. The zero-order chi connectivity index (χ0) is 11.2. The van der Waals surface area contributed by atoms with Crippen LogP contribution >= 0.6 is 0 Å². The van der Waals surface area contributed by atoms with Gasteiger partial charge in [-0.05, 0) is 17.7 Å². The molecule has 0 radical (unpaired) electrons. The molecule has 16 heavy (non-hydrogen) atoms. The Morgan fingerprint density at radius 2 is 2.19 bits per heavy atom. The lowest BCUT2D eigenvalue weighted by molar-refractivity contribution is -0.120. The van der Waals surface area contributed by atoms with Crippen molar-refractivity contribution in [2.75, 3.05) is 0 Å². The number of hydrogen-bond donors (Lipinski definition) is 2. The lowest BCUT2D eigenvalue weighted by Crippen LogP contribution is -2.25. The van der Waals surface area contributed by atoms with Crippen LogP contribution in [0.2, 0.25) is 0 Å². The summed E-state index contributed by atoms with van der Waals surface area (Å²) in [5.41, 5.74) is 0.997. The molecule has 2 aromatic heterocycles. The van der Waals surface area contributed by atoms with Crippen LogP contribution in [0.1, 0.15) is 11.4 Å². The Morgan fingerprint density at radius 3 is 2.88 bits per heavy atom. The smallest absolute Gasteiger partial charge is 0.228 e. The van der Waals surface area contributed by atoms with Gasteiger partial charge in [0.25, 0.3) is 0 Å². The molecule has 0 aliphatic carbocycles. The Morgan fingerprint density at radius 1 is 1.38 bits per heavy atom. The second-order valence-electron chi connectivity index (χ2n) is 3.14.